The van der Waals surface area contributed by atoms with Gasteiger partial charge in [-0.1, -0.05) is 22.9 Å². The number of halogens is 1. The minimum atomic E-state index is -4.10. The van der Waals surface area contributed by atoms with Crippen LogP contribution in [0.15, 0.2) is 0 Å². The van der Waals surface area contributed by atoms with Crippen LogP contribution in [0.4, 0.5) is 0 Å². The summed E-state index contributed by atoms with van der Waals surface area (Å²) in [6, 6.07) is -0.145. The highest BCUT2D eigenvalue weighted by Crippen LogP contribution is 2.51. The maximum absolute atomic E-state index is 11.8. The van der Waals surface area contributed by atoms with Crippen LogP contribution in [0.2, 0.25) is 0 Å². The molecule has 3 unspecified atom stereocenters. The first-order chi connectivity index (χ1) is 9.02. The smallest absolute Gasteiger partial charge is 0.356 e. The first-order valence-corrected chi connectivity index (χ1v) is 9.27. The third kappa shape index (κ3) is 4.29. The second-order valence-corrected chi connectivity index (χ2v) is 8.73. The molecule has 0 aromatic rings. The molecule has 1 fully saturated rings. The van der Waals surface area contributed by atoms with Crippen molar-refractivity contribution in [3.63, 3.8) is 0 Å². The van der Waals surface area contributed by atoms with Crippen LogP contribution in [-0.4, -0.2) is 57.4 Å². The lowest BCUT2D eigenvalue weighted by molar-refractivity contribution is -0.0372. The summed E-state index contributed by atoms with van der Waals surface area (Å²) in [5.41, 5.74) is -0.955. The fourth-order valence-electron chi connectivity index (χ4n) is 2.15. The number of aliphatic hydroxyl groups excluding tert-OH is 2. The van der Waals surface area contributed by atoms with E-state index in [1.54, 1.807) is 6.92 Å². The maximum atomic E-state index is 11.8. The predicted molar refractivity (Wildman–Crippen MR) is 81.8 cm³/mol. The van der Waals surface area contributed by atoms with Crippen molar-refractivity contribution in [3.8, 4) is 0 Å². The highest BCUT2D eigenvalue weighted by atomic mass is 79.9. The van der Waals surface area contributed by atoms with Gasteiger partial charge in [0.05, 0.1) is 22.6 Å². The molecule has 1 rings (SSSR count). The Bertz CT molecular complexity index is 384. The molecule has 6 nitrogen and oxygen atoms in total. The van der Waals surface area contributed by atoms with Gasteiger partial charge in [-0.25, -0.2) is 0 Å². The van der Waals surface area contributed by atoms with Gasteiger partial charge >= 0.3 is 7.60 Å². The molecule has 7 atom stereocenters. The Labute approximate surface area is 128 Å². The summed E-state index contributed by atoms with van der Waals surface area (Å²) in [4.78, 5) is 9.50. The van der Waals surface area contributed by atoms with E-state index in [-0.39, 0.29) is 17.3 Å². The molecule has 1 saturated heterocycles. The third-order valence-electron chi connectivity index (χ3n) is 3.75. The molecule has 0 radical (unpaired) electrons. The van der Waals surface area contributed by atoms with Crippen LogP contribution >= 0.6 is 23.5 Å². The standard InChI is InChI=1S/C11H23BBrO6P/c1-4-11(3,19-20(16,17)6(2)14)5-7-9(15)8(13)10(12)18-7/h6-10,14-15H,4-5,12H2,1-3H3,(H,16,17)/t6?,7-,8-,9-,10-,11?/m1/s1. The third-order valence-corrected chi connectivity index (χ3v) is 6.68. The maximum Gasteiger partial charge on any atom is 0.356 e. The van der Waals surface area contributed by atoms with E-state index < -0.39 is 31.2 Å². The fraction of sp³-hybridized carbons (Fsp3) is 1.00. The molecule has 0 saturated carbocycles. The van der Waals surface area contributed by atoms with Gasteiger partial charge in [0.25, 0.3) is 0 Å². The summed E-state index contributed by atoms with van der Waals surface area (Å²) in [6.07, 6.45) is -0.454. The molecule has 20 heavy (non-hydrogen) atoms. The topological polar surface area (TPSA) is 96.2 Å². The van der Waals surface area contributed by atoms with Crippen molar-refractivity contribution in [1.82, 2.24) is 0 Å². The van der Waals surface area contributed by atoms with Gasteiger partial charge < -0.3 is 24.4 Å². The lowest BCUT2D eigenvalue weighted by atomic mass is 9.91. The number of rotatable bonds is 6. The van der Waals surface area contributed by atoms with Crippen molar-refractivity contribution >= 4 is 31.4 Å². The van der Waals surface area contributed by atoms with Crippen molar-refractivity contribution in [2.24, 2.45) is 0 Å². The minimum Gasteiger partial charge on any atom is -0.389 e. The van der Waals surface area contributed by atoms with Crippen molar-refractivity contribution in [2.75, 3.05) is 0 Å². The highest BCUT2D eigenvalue weighted by molar-refractivity contribution is 9.09. The quantitative estimate of drug-likeness (QED) is 0.358. The molecule has 0 aromatic heterocycles. The average Bonchev–Trinajstić information content (AvgIpc) is 2.56. The first-order valence-electron chi connectivity index (χ1n) is 6.71. The Kier molecular flexibility index (Phi) is 6.31. The van der Waals surface area contributed by atoms with E-state index >= 15 is 0 Å². The molecular weight excluding hydrogens is 350 g/mol. The van der Waals surface area contributed by atoms with E-state index in [1.807, 2.05) is 14.8 Å². The molecule has 1 aliphatic heterocycles. The molecule has 9 heteroatoms. The van der Waals surface area contributed by atoms with E-state index in [0.717, 1.165) is 0 Å². The predicted octanol–water partition coefficient (Wildman–Crippen LogP) is 0.568. The zero-order valence-corrected chi connectivity index (χ0v) is 14.7. The summed E-state index contributed by atoms with van der Waals surface area (Å²) in [5.74, 6) is -1.45. The number of hydrogen-bond acceptors (Lipinski definition) is 5. The van der Waals surface area contributed by atoms with E-state index in [4.69, 9.17) is 9.26 Å². The van der Waals surface area contributed by atoms with Crippen molar-refractivity contribution < 1.29 is 28.9 Å². The van der Waals surface area contributed by atoms with Gasteiger partial charge in [-0.05, 0) is 20.3 Å². The van der Waals surface area contributed by atoms with Gasteiger partial charge in [-0.3, -0.25) is 4.57 Å². The first kappa shape index (κ1) is 18.6. The van der Waals surface area contributed by atoms with Crippen LogP contribution in [0, 0.1) is 0 Å². The largest absolute Gasteiger partial charge is 0.389 e. The zero-order valence-electron chi connectivity index (χ0n) is 12.2. The Hall–Kier alpha value is 0.575. The molecule has 1 heterocycles. The SMILES string of the molecule is B[C@@H]1O[C@H](CC(C)(CC)OP(=O)(O)C(C)O)[C@@H](O)[C@H]1Br. The van der Waals surface area contributed by atoms with Crippen LogP contribution in [-0.2, 0) is 13.8 Å². The monoisotopic (exact) mass is 372 g/mol. The molecule has 3 N–H and O–H groups in total. The van der Waals surface area contributed by atoms with Gasteiger partial charge in [0.2, 0.25) is 0 Å². The molecule has 0 amide bonds. The Morgan fingerprint density at radius 3 is 2.50 bits per heavy atom. The molecule has 1 aliphatic rings. The lowest BCUT2D eigenvalue weighted by Gasteiger charge is -2.34. The second kappa shape index (κ2) is 6.77. The zero-order chi connectivity index (χ0) is 15.7. The second-order valence-electron chi connectivity index (χ2n) is 5.61. The van der Waals surface area contributed by atoms with Crippen molar-refractivity contribution in [2.45, 2.75) is 68.1 Å². The summed E-state index contributed by atoms with van der Waals surface area (Å²) in [5, 5.41) is 19.4. The summed E-state index contributed by atoms with van der Waals surface area (Å²) < 4.78 is 22.8. The number of ether oxygens (including phenoxy) is 1. The fourth-order valence-corrected chi connectivity index (χ4v) is 3.60. The van der Waals surface area contributed by atoms with Crippen LogP contribution < -0.4 is 0 Å². The van der Waals surface area contributed by atoms with Crippen LogP contribution in [0.25, 0.3) is 0 Å². The van der Waals surface area contributed by atoms with Gasteiger partial charge in [0.1, 0.15) is 7.85 Å². The normalized spacial score (nSPS) is 38.1. The molecule has 118 valence electrons. The minimum absolute atomic E-state index is 0.145. The Morgan fingerprint density at radius 2 is 2.15 bits per heavy atom. The van der Waals surface area contributed by atoms with Gasteiger partial charge in [0, 0.05) is 12.4 Å². The van der Waals surface area contributed by atoms with Gasteiger partial charge in [0.15, 0.2) is 5.85 Å². The van der Waals surface area contributed by atoms with Crippen LogP contribution in [0.1, 0.15) is 33.6 Å². The summed E-state index contributed by atoms with van der Waals surface area (Å²) in [7, 11) is -2.26. The van der Waals surface area contributed by atoms with Crippen molar-refractivity contribution in [3.05, 3.63) is 0 Å². The molecule has 0 aliphatic carbocycles. The molecule has 0 aromatic carbocycles. The number of aliphatic hydroxyl groups is 2. The van der Waals surface area contributed by atoms with E-state index in [1.165, 1.54) is 6.92 Å². The average molecular weight is 373 g/mol. The number of hydrogen-bond donors (Lipinski definition) is 3. The number of alkyl halides is 1. The molecular formula is C11H23BBrO6P. The van der Waals surface area contributed by atoms with E-state index in [2.05, 4.69) is 15.9 Å². The summed E-state index contributed by atoms with van der Waals surface area (Å²) >= 11 is 3.36. The molecule has 0 bridgehead atoms. The van der Waals surface area contributed by atoms with E-state index in [0.29, 0.717) is 6.42 Å². The van der Waals surface area contributed by atoms with Crippen molar-refractivity contribution in [1.29, 1.82) is 0 Å². The van der Waals surface area contributed by atoms with Crippen LogP contribution in [0.5, 0.6) is 0 Å². The molecule has 0 spiro atoms. The van der Waals surface area contributed by atoms with Crippen LogP contribution in [0.3, 0.4) is 0 Å². The van der Waals surface area contributed by atoms with Gasteiger partial charge in [-0.15, -0.1) is 0 Å². The Morgan fingerprint density at radius 1 is 1.60 bits per heavy atom. The van der Waals surface area contributed by atoms with Gasteiger partial charge in [-0.2, -0.15) is 0 Å². The Balaban J connectivity index is 2.78. The summed E-state index contributed by atoms with van der Waals surface area (Å²) in [6.45, 7) is 4.72. The highest BCUT2D eigenvalue weighted by Gasteiger charge is 2.45. The van der Waals surface area contributed by atoms with E-state index in [9.17, 15) is 19.7 Å². The lowest BCUT2D eigenvalue weighted by Crippen LogP contribution is -2.38.